The Hall–Kier alpha value is -2.47. The van der Waals surface area contributed by atoms with Gasteiger partial charge in [-0.25, -0.2) is 0 Å². The van der Waals surface area contributed by atoms with Crippen LogP contribution in [0.25, 0.3) is 0 Å². The molecule has 2 aromatic rings. The maximum atomic E-state index is 13.0. The van der Waals surface area contributed by atoms with E-state index in [9.17, 15) is 9.59 Å². The Kier molecular flexibility index (Phi) is 8.88. The van der Waals surface area contributed by atoms with Crippen LogP contribution < -0.4 is 10.1 Å². The topological polar surface area (TPSA) is 58.6 Å². The third-order valence-corrected chi connectivity index (χ3v) is 5.49. The quantitative estimate of drug-likeness (QED) is 0.618. The molecule has 0 aromatic heterocycles. The lowest BCUT2D eigenvalue weighted by molar-refractivity contribution is -0.140. The summed E-state index contributed by atoms with van der Waals surface area (Å²) in [6.07, 6.45) is 0.941. The second-order valence-electron chi connectivity index (χ2n) is 6.32. The highest BCUT2D eigenvalue weighted by atomic mass is 32.2. The minimum atomic E-state index is -0.485. The lowest BCUT2D eigenvalue weighted by Crippen LogP contribution is -2.48. The number of carbonyl (C=O) groups is 2. The van der Waals surface area contributed by atoms with Crippen LogP contribution >= 0.6 is 11.8 Å². The Labute approximate surface area is 171 Å². The van der Waals surface area contributed by atoms with E-state index in [1.165, 1.54) is 0 Å². The first-order valence-corrected chi connectivity index (χ1v) is 10.4. The molecule has 0 bridgehead atoms. The summed E-state index contributed by atoms with van der Waals surface area (Å²) in [6, 6.07) is 17.1. The molecule has 0 spiro atoms. The first kappa shape index (κ1) is 21.8. The van der Waals surface area contributed by atoms with E-state index in [1.807, 2.05) is 61.5 Å². The van der Waals surface area contributed by atoms with Crippen molar-refractivity contribution in [3.8, 4) is 5.75 Å². The van der Waals surface area contributed by atoms with Crippen LogP contribution in [-0.4, -0.2) is 42.7 Å². The molecule has 6 heteroatoms. The average Bonchev–Trinajstić information content (AvgIpc) is 2.74. The van der Waals surface area contributed by atoms with Gasteiger partial charge in [0.05, 0.1) is 7.11 Å². The summed E-state index contributed by atoms with van der Waals surface area (Å²) in [5.41, 5.74) is 0.965. The molecular formula is C22H28N2O3S. The highest BCUT2D eigenvalue weighted by Gasteiger charge is 2.27. The SMILES string of the molecule is CC[C@@H](C(=O)NC)N(Cc1ccc(OC)cc1)C(=O)CCSc1ccccc1. The van der Waals surface area contributed by atoms with E-state index in [2.05, 4.69) is 5.32 Å². The van der Waals surface area contributed by atoms with Gasteiger partial charge in [0.2, 0.25) is 11.8 Å². The number of thioether (sulfide) groups is 1. The molecule has 0 saturated heterocycles. The van der Waals surface area contributed by atoms with E-state index in [4.69, 9.17) is 4.74 Å². The normalized spacial score (nSPS) is 11.5. The molecule has 0 fully saturated rings. The number of likely N-dealkylation sites (N-methyl/N-ethyl adjacent to an activating group) is 1. The van der Waals surface area contributed by atoms with Crippen molar-refractivity contribution < 1.29 is 14.3 Å². The third kappa shape index (κ3) is 6.30. The summed E-state index contributed by atoms with van der Waals surface area (Å²) < 4.78 is 5.19. The van der Waals surface area contributed by atoms with Crippen molar-refractivity contribution in [3.63, 3.8) is 0 Å². The van der Waals surface area contributed by atoms with Crippen LogP contribution in [0.15, 0.2) is 59.5 Å². The van der Waals surface area contributed by atoms with Crippen LogP contribution in [0.3, 0.4) is 0 Å². The number of amides is 2. The van der Waals surface area contributed by atoms with Crippen molar-refractivity contribution in [2.45, 2.75) is 37.2 Å². The Balaban J connectivity index is 2.09. The second-order valence-corrected chi connectivity index (χ2v) is 7.49. The average molecular weight is 401 g/mol. The maximum Gasteiger partial charge on any atom is 0.242 e. The fourth-order valence-electron chi connectivity index (χ4n) is 2.93. The maximum absolute atomic E-state index is 13.0. The van der Waals surface area contributed by atoms with Crippen LogP contribution in [0.1, 0.15) is 25.3 Å². The van der Waals surface area contributed by atoms with Crippen molar-refractivity contribution in [2.24, 2.45) is 0 Å². The summed E-state index contributed by atoms with van der Waals surface area (Å²) in [5, 5.41) is 2.68. The molecule has 0 unspecified atom stereocenters. The fourth-order valence-corrected chi connectivity index (χ4v) is 3.79. The van der Waals surface area contributed by atoms with Gasteiger partial charge in [-0.05, 0) is 36.2 Å². The number of nitrogens with one attached hydrogen (secondary N) is 1. The lowest BCUT2D eigenvalue weighted by atomic mass is 10.1. The van der Waals surface area contributed by atoms with Crippen molar-refractivity contribution in [1.82, 2.24) is 10.2 Å². The molecule has 0 heterocycles. The smallest absolute Gasteiger partial charge is 0.242 e. The predicted octanol–water partition coefficient (Wildman–Crippen LogP) is 3.73. The number of rotatable bonds is 10. The molecule has 0 aliphatic rings. The van der Waals surface area contributed by atoms with Gasteiger partial charge < -0.3 is 15.0 Å². The molecule has 28 heavy (non-hydrogen) atoms. The zero-order valence-electron chi connectivity index (χ0n) is 16.7. The number of nitrogens with zero attached hydrogens (tertiary/aromatic N) is 1. The van der Waals surface area contributed by atoms with Gasteiger partial charge >= 0.3 is 0 Å². The van der Waals surface area contributed by atoms with Gasteiger partial charge in [0.25, 0.3) is 0 Å². The molecule has 0 aliphatic carbocycles. The molecule has 0 aliphatic heterocycles. The standard InChI is InChI=1S/C22H28N2O3S/c1-4-20(22(26)23-2)24(16-17-10-12-18(27-3)13-11-17)21(25)14-15-28-19-8-6-5-7-9-19/h5-13,20H,4,14-16H2,1-3H3,(H,23,26)/t20-/m0/s1. The van der Waals surface area contributed by atoms with E-state index < -0.39 is 6.04 Å². The molecule has 150 valence electrons. The molecule has 1 atom stereocenters. The zero-order chi connectivity index (χ0) is 20.4. The monoisotopic (exact) mass is 400 g/mol. The van der Waals surface area contributed by atoms with Gasteiger partial charge in [-0.3, -0.25) is 9.59 Å². The zero-order valence-corrected chi connectivity index (χ0v) is 17.5. The fraction of sp³-hybridized carbons (Fsp3) is 0.364. The largest absolute Gasteiger partial charge is 0.497 e. The van der Waals surface area contributed by atoms with E-state index in [0.717, 1.165) is 16.2 Å². The summed E-state index contributed by atoms with van der Waals surface area (Å²) >= 11 is 1.65. The highest BCUT2D eigenvalue weighted by Crippen LogP contribution is 2.20. The summed E-state index contributed by atoms with van der Waals surface area (Å²) in [5.74, 6) is 1.28. The first-order chi connectivity index (χ1) is 13.6. The Morgan fingerprint density at radius 3 is 2.36 bits per heavy atom. The Morgan fingerprint density at radius 2 is 1.79 bits per heavy atom. The number of carbonyl (C=O) groups excluding carboxylic acids is 2. The van der Waals surface area contributed by atoms with Crippen molar-refractivity contribution in [3.05, 3.63) is 60.2 Å². The van der Waals surface area contributed by atoms with Crippen LogP contribution in [0.2, 0.25) is 0 Å². The molecule has 0 radical (unpaired) electrons. The van der Waals surface area contributed by atoms with Gasteiger partial charge in [-0.15, -0.1) is 11.8 Å². The van der Waals surface area contributed by atoms with Crippen LogP contribution in [0.5, 0.6) is 5.75 Å². The molecule has 2 rings (SSSR count). The number of ether oxygens (including phenoxy) is 1. The van der Waals surface area contributed by atoms with Crippen molar-refractivity contribution in [1.29, 1.82) is 0 Å². The van der Waals surface area contributed by atoms with Crippen molar-refractivity contribution in [2.75, 3.05) is 19.9 Å². The Bertz CT molecular complexity index is 750. The summed E-state index contributed by atoms with van der Waals surface area (Å²) in [7, 11) is 3.22. The molecule has 0 saturated carbocycles. The van der Waals surface area contributed by atoms with E-state index >= 15 is 0 Å². The summed E-state index contributed by atoms with van der Waals surface area (Å²) in [4.78, 5) is 28.2. The van der Waals surface area contributed by atoms with E-state index in [0.29, 0.717) is 25.1 Å². The minimum Gasteiger partial charge on any atom is -0.497 e. The van der Waals surface area contributed by atoms with Gasteiger partial charge in [0.15, 0.2) is 0 Å². The van der Waals surface area contributed by atoms with Crippen LogP contribution in [0, 0.1) is 0 Å². The third-order valence-electron chi connectivity index (χ3n) is 4.47. The number of methoxy groups -OCH3 is 1. The van der Waals surface area contributed by atoms with Gasteiger partial charge in [0.1, 0.15) is 11.8 Å². The molecule has 2 amide bonds. The van der Waals surface area contributed by atoms with Crippen LogP contribution in [-0.2, 0) is 16.1 Å². The second kappa shape index (κ2) is 11.4. The number of hydrogen-bond donors (Lipinski definition) is 1. The molecule has 1 N–H and O–H groups in total. The lowest BCUT2D eigenvalue weighted by Gasteiger charge is -2.30. The Morgan fingerprint density at radius 1 is 1.11 bits per heavy atom. The van der Waals surface area contributed by atoms with Crippen molar-refractivity contribution >= 4 is 23.6 Å². The number of benzene rings is 2. The molecular weight excluding hydrogens is 372 g/mol. The highest BCUT2D eigenvalue weighted by molar-refractivity contribution is 7.99. The van der Waals surface area contributed by atoms with Gasteiger partial charge in [-0.2, -0.15) is 0 Å². The molecule has 2 aromatic carbocycles. The summed E-state index contributed by atoms with van der Waals surface area (Å²) in [6.45, 7) is 2.32. The number of hydrogen-bond acceptors (Lipinski definition) is 4. The first-order valence-electron chi connectivity index (χ1n) is 9.40. The van der Waals surface area contributed by atoms with Gasteiger partial charge in [0, 0.05) is 30.7 Å². The van der Waals surface area contributed by atoms with Crippen LogP contribution in [0.4, 0.5) is 0 Å². The van der Waals surface area contributed by atoms with Gasteiger partial charge in [-0.1, -0.05) is 37.3 Å². The van der Waals surface area contributed by atoms with E-state index in [1.54, 1.807) is 30.8 Å². The minimum absolute atomic E-state index is 0.0188. The predicted molar refractivity (Wildman–Crippen MR) is 113 cm³/mol. The van der Waals surface area contributed by atoms with E-state index in [-0.39, 0.29) is 11.8 Å². The molecule has 5 nitrogen and oxygen atoms in total.